The van der Waals surface area contributed by atoms with E-state index in [2.05, 4.69) is 22.9 Å². The van der Waals surface area contributed by atoms with Crippen LogP contribution in [0.1, 0.15) is 43.7 Å². The molecule has 3 heteroatoms. The molecule has 1 aromatic carbocycles. The molecule has 0 unspecified atom stereocenters. The molecule has 0 atom stereocenters. The zero-order chi connectivity index (χ0) is 11.8. The van der Waals surface area contributed by atoms with Gasteiger partial charge in [0.1, 0.15) is 5.82 Å². The first-order chi connectivity index (χ1) is 7.57. The number of aryl methyl sites for hydroxylation is 1. The molecule has 0 aromatic heterocycles. The predicted molar refractivity (Wildman–Crippen MR) is 67.8 cm³/mol. The molecule has 16 heavy (non-hydrogen) atoms. The van der Waals surface area contributed by atoms with Gasteiger partial charge in [-0.1, -0.05) is 25.8 Å². The second-order valence-corrected chi connectivity index (χ2v) is 5.51. The Kier molecular flexibility index (Phi) is 3.36. The van der Waals surface area contributed by atoms with E-state index in [0.29, 0.717) is 10.0 Å². The average Bonchev–Trinajstić information content (AvgIpc) is 2.70. The molecule has 1 nitrogen and oxygen atoms in total. The second kappa shape index (κ2) is 4.46. The standard InChI is InChI=1S/C13H17BrFN/c1-2-9-7-10(12(15)11(14)8-9)13(16)5-3-4-6-13/h7-8H,2-6,16H2,1H3. The fourth-order valence-corrected chi connectivity index (χ4v) is 2.99. The van der Waals surface area contributed by atoms with Gasteiger partial charge in [-0.3, -0.25) is 0 Å². The fourth-order valence-electron chi connectivity index (χ4n) is 2.49. The number of nitrogens with two attached hydrogens (primary N) is 1. The number of hydrogen-bond acceptors (Lipinski definition) is 1. The molecular formula is C13H17BrFN. The van der Waals surface area contributed by atoms with Gasteiger partial charge in [-0.2, -0.15) is 0 Å². The molecule has 1 fully saturated rings. The Morgan fingerprint density at radius 3 is 2.56 bits per heavy atom. The highest BCUT2D eigenvalue weighted by molar-refractivity contribution is 9.10. The highest BCUT2D eigenvalue weighted by atomic mass is 79.9. The van der Waals surface area contributed by atoms with Crippen molar-refractivity contribution in [3.8, 4) is 0 Å². The molecule has 2 rings (SSSR count). The minimum atomic E-state index is -0.447. The van der Waals surface area contributed by atoms with E-state index in [-0.39, 0.29) is 5.82 Å². The normalized spacial score (nSPS) is 19.0. The molecule has 0 bridgehead atoms. The van der Waals surface area contributed by atoms with E-state index in [1.807, 2.05) is 12.1 Å². The van der Waals surface area contributed by atoms with Crippen LogP contribution in [0.15, 0.2) is 16.6 Å². The van der Waals surface area contributed by atoms with Gasteiger partial charge in [0.2, 0.25) is 0 Å². The second-order valence-electron chi connectivity index (χ2n) is 4.66. The molecule has 2 N–H and O–H groups in total. The van der Waals surface area contributed by atoms with Gasteiger partial charge < -0.3 is 5.73 Å². The highest BCUT2D eigenvalue weighted by Gasteiger charge is 2.34. The lowest BCUT2D eigenvalue weighted by molar-refractivity contribution is 0.431. The van der Waals surface area contributed by atoms with Crippen molar-refractivity contribution >= 4 is 15.9 Å². The van der Waals surface area contributed by atoms with Crippen molar-refractivity contribution in [2.75, 3.05) is 0 Å². The van der Waals surface area contributed by atoms with E-state index in [0.717, 1.165) is 37.7 Å². The highest BCUT2D eigenvalue weighted by Crippen LogP contribution is 2.39. The summed E-state index contributed by atoms with van der Waals surface area (Å²) in [6.45, 7) is 2.07. The molecule has 1 aliphatic rings. The summed E-state index contributed by atoms with van der Waals surface area (Å²) in [5.41, 5.74) is 7.70. The maximum atomic E-state index is 14.1. The lowest BCUT2D eigenvalue weighted by atomic mass is 9.87. The SMILES string of the molecule is CCc1cc(Br)c(F)c(C2(N)CCCC2)c1. The van der Waals surface area contributed by atoms with E-state index in [4.69, 9.17) is 5.73 Å². The maximum absolute atomic E-state index is 14.1. The Hall–Kier alpha value is -0.410. The van der Waals surface area contributed by atoms with Crippen molar-refractivity contribution < 1.29 is 4.39 Å². The summed E-state index contributed by atoms with van der Waals surface area (Å²) >= 11 is 3.28. The number of hydrogen-bond donors (Lipinski definition) is 1. The van der Waals surface area contributed by atoms with E-state index >= 15 is 0 Å². The predicted octanol–water partition coefficient (Wildman–Crippen LogP) is 3.88. The van der Waals surface area contributed by atoms with Gasteiger partial charge in [-0.05, 0) is 46.8 Å². The van der Waals surface area contributed by atoms with Crippen LogP contribution in [-0.2, 0) is 12.0 Å². The first-order valence-electron chi connectivity index (χ1n) is 5.84. The van der Waals surface area contributed by atoms with Gasteiger partial charge in [-0.15, -0.1) is 0 Å². The smallest absolute Gasteiger partial charge is 0.142 e. The van der Waals surface area contributed by atoms with Crippen LogP contribution in [0.4, 0.5) is 4.39 Å². The van der Waals surface area contributed by atoms with Crippen molar-refractivity contribution in [1.82, 2.24) is 0 Å². The third-order valence-corrected chi connectivity index (χ3v) is 4.11. The Labute approximate surface area is 104 Å². The van der Waals surface area contributed by atoms with Crippen LogP contribution in [0.25, 0.3) is 0 Å². The van der Waals surface area contributed by atoms with E-state index in [1.54, 1.807) is 0 Å². The largest absolute Gasteiger partial charge is 0.321 e. The van der Waals surface area contributed by atoms with Gasteiger partial charge >= 0.3 is 0 Å². The fraction of sp³-hybridized carbons (Fsp3) is 0.538. The van der Waals surface area contributed by atoms with Gasteiger partial charge in [0.25, 0.3) is 0 Å². The van der Waals surface area contributed by atoms with Crippen LogP contribution in [0, 0.1) is 5.82 Å². The molecule has 1 aromatic rings. The molecule has 0 heterocycles. The third-order valence-electron chi connectivity index (χ3n) is 3.53. The zero-order valence-electron chi connectivity index (χ0n) is 9.52. The summed E-state index contributed by atoms with van der Waals surface area (Å²) < 4.78 is 14.6. The Bertz CT molecular complexity index is 397. The van der Waals surface area contributed by atoms with Crippen LogP contribution in [-0.4, -0.2) is 0 Å². The Balaban J connectivity index is 2.50. The Morgan fingerprint density at radius 2 is 2.00 bits per heavy atom. The summed E-state index contributed by atoms with van der Waals surface area (Å²) in [5, 5.41) is 0. The summed E-state index contributed by atoms with van der Waals surface area (Å²) in [4.78, 5) is 0. The first-order valence-corrected chi connectivity index (χ1v) is 6.63. The van der Waals surface area contributed by atoms with Gasteiger partial charge in [0.15, 0.2) is 0 Å². The average molecular weight is 286 g/mol. The van der Waals surface area contributed by atoms with E-state index in [1.165, 1.54) is 0 Å². The monoisotopic (exact) mass is 285 g/mol. The van der Waals surface area contributed by atoms with Crippen LogP contribution < -0.4 is 5.73 Å². The van der Waals surface area contributed by atoms with Crippen LogP contribution in [0.5, 0.6) is 0 Å². The van der Waals surface area contributed by atoms with Gasteiger partial charge in [-0.25, -0.2) is 4.39 Å². The molecule has 1 aliphatic carbocycles. The molecule has 0 radical (unpaired) electrons. The minimum Gasteiger partial charge on any atom is -0.321 e. The lowest BCUT2D eigenvalue weighted by Crippen LogP contribution is -2.34. The molecule has 0 amide bonds. The molecule has 1 saturated carbocycles. The van der Waals surface area contributed by atoms with Gasteiger partial charge in [0.05, 0.1) is 4.47 Å². The van der Waals surface area contributed by atoms with Crippen molar-refractivity contribution in [3.05, 3.63) is 33.5 Å². The van der Waals surface area contributed by atoms with Crippen molar-refractivity contribution in [2.24, 2.45) is 5.73 Å². The first kappa shape index (κ1) is 12.1. The van der Waals surface area contributed by atoms with Crippen LogP contribution >= 0.6 is 15.9 Å². The van der Waals surface area contributed by atoms with Gasteiger partial charge in [0, 0.05) is 11.1 Å². The lowest BCUT2D eigenvalue weighted by Gasteiger charge is -2.25. The minimum absolute atomic E-state index is 0.179. The number of benzene rings is 1. The number of halogens is 2. The van der Waals surface area contributed by atoms with Crippen LogP contribution in [0.2, 0.25) is 0 Å². The Morgan fingerprint density at radius 1 is 1.38 bits per heavy atom. The summed E-state index contributed by atoms with van der Waals surface area (Å²) in [6, 6.07) is 3.78. The molecular weight excluding hydrogens is 269 g/mol. The van der Waals surface area contributed by atoms with Crippen LogP contribution in [0.3, 0.4) is 0 Å². The maximum Gasteiger partial charge on any atom is 0.142 e. The third kappa shape index (κ3) is 2.03. The molecule has 0 saturated heterocycles. The zero-order valence-corrected chi connectivity index (χ0v) is 11.1. The van der Waals surface area contributed by atoms with Crippen molar-refractivity contribution in [2.45, 2.75) is 44.6 Å². The molecule has 0 spiro atoms. The molecule has 88 valence electrons. The summed E-state index contributed by atoms with van der Waals surface area (Å²) in [5.74, 6) is -0.179. The quantitative estimate of drug-likeness (QED) is 0.877. The summed E-state index contributed by atoms with van der Waals surface area (Å²) in [7, 11) is 0. The van der Waals surface area contributed by atoms with E-state index in [9.17, 15) is 4.39 Å². The number of rotatable bonds is 2. The van der Waals surface area contributed by atoms with E-state index < -0.39 is 5.54 Å². The molecule has 0 aliphatic heterocycles. The summed E-state index contributed by atoms with van der Waals surface area (Å²) in [6.07, 6.45) is 4.89. The topological polar surface area (TPSA) is 26.0 Å². The van der Waals surface area contributed by atoms with Crippen molar-refractivity contribution in [3.63, 3.8) is 0 Å². The van der Waals surface area contributed by atoms with Crippen molar-refractivity contribution in [1.29, 1.82) is 0 Å².